The third-order valence-corrected chi connectivity index (χ3v) is 3.75. The molecule has 1 amide bonds. The lowest BCUT2D eigenvalue weighted by molar-refractivity contribution is -0.137. The van der Waals surface area contributed by atoms with Crippen LogP contribution in [-0.2, 0) is 6.18 Å². The Morgan fingerprint density at radius 1 is 1.38 bits per heavy atom. The lowest BCUT2D eigenvalue weighted by atomic mass is 9.97. The first-order chi connectivity index (χ1) is 9.82. The number of halogens is 3. The summed E-state index contributed by atoms with van der Waals surface area (Å²) in [5.74, 6) is -0.272. The summed E-state index contributed by atoms with van der Waals surface area (Å²) >= 11 is 0. The van der Waals surface area contributed by atoms with Crippen molar-refractivity contribution < 1.29 is 18.0 Å². The molecule has 1 atom stereocenters. The highest BCUT2D eigenvalue weighted by atomic mass is 19.4. The SMILES string of the molecule is NC[C@H]1CCCN(C(=O)c2cc(C(F)(F)F)ccc2N)C1. The molecule has 0 saturated carbocycles. The minimum absolute atomic E-state index is 0.0582. The predicted molar refractivity (Wildman–Crippen MR) is 73.5 cm³/mol. The molecule has 1 aromatic rings. The molecule has 1 heterocycles. The summed E-state index contributed by atoms with van der Waals surface area (Å²) in [6, 6.07) is 2.83. The van der Waals surface area contributed by atoms with Gasteiger partial charge >= 0.3 is 6.18 Å². The highest BCUT2D eigenvalue weighted by Crippen LogP contribution is 2.32. The van der Waals surface area contributed by atoms with E-state index in [0.29, 0.717) is 19.6 Å². The van der Waals surface area contributed by atoms with Gasteiger partial charge in [-0.25, -0.2) is 0 Å². The van der Waals surface area contributed by atoms with Gasteiger partial charge in [-0.3, -0.25) is 4.79 Å². The van der Waals surface area contributed by atoms with Gasteiger partial charge in [0, 0.05) is 18.8 Å². The number of benzene rings is 1. The van der Waals surface area contributed by atoms with Crippen LogP contribution in [-0.4, -0.2) is 30.4 Å². The highest BCUT2D eigenvalue weighted by Gasteiger charge is 2.32. The lowest BCUT2D eigenvalue weighted by Gasteiger charge is -2.32. The van der Waals surface area contributed by atoms with Crippen molar-refractivity contribution in [3.05, 3.63) is 29.3 Å². The van der Waals surface area contributed by atoms with Crippen LogP contribution >= 0.6 is 0 Å². The zero-order chi connectivity index (χ0) is 15.6. The van der Waals surface area contributed by atoms with E-state index in [-0.39, 0.29) is 17.2 Å². The number of hydrogen-bond donors (Lipinski definition) is 2. The van der Waals surface area contributed by atoms with E-state index in [0.717, 1.165) is 31.0 Å². The molecule has 0 bridgehead atoms. The number of hydrogen-bond acceptors (Lipinski definition) is 3. The Bertz CT molecular complexity index is 531. The first kappa shape index (κ1) is 15.6. The summed E-state index contributed by atoms with van der Waals surface area (Å²) in [6.07, 6.45) is -2.77. The van der Waals surface area contributed by atoms with Gasteiger partial charge in [0.05, 0.1) is 11.1 Å². The molecule has 7 heteroatoms. The van der Waals surface area contributed by atoms with Crippen LogP contribution in [0.25, 0.3) is 0 Å². The number of piperidine rings is 1. The summed E-state index contributed by atoms with van der Waals surface area (Å²) in [4.78, 5) is 13.9. The Morgan fingerprint density at radius 3 is 2.71 bits per heavy atom. The number of anilines is 1. The monoisotopic (exact) mass is 301 g/mol. The van der Waals surface area contributed by atoms with Crippen LogP contribution in [0.4, 0.5) is 18.9 Å². The Balaban J connectivity index is 2.26. The van der Waals surface area contributed by atoms with Crippen molar-refractivity contribution in [3.8, 4) is 0 Å². The molecule has 116 valence electrons. The van der Waals surface area contributed by atoms with Crippen molar-refractivity contribution in [2.45, 2.75) is 19.0 Å². The topological polar surface area (TPSA) is 72.3 Å². The summed E-state index contributed by atoms with van der Waals surface area (Å²) < 4.78 is 38.2. The van der Waals surface area contributed by atoms with Gasteiger partial charge in [-0.1, -0.05) is 0 Å². The van der Waals surface area contributed by atoms with Gasteiger partial charge in [-0.2, -0.15) is 13.2 Å². The number of nitrogens with zero attached hydrogens (tertiary/aromatic N) is 1. The number of amides is 1. The molecular formula is C14H18F3N3O. The maximum absolute atomic E-state index is 12.7. The Hall–Kier alpha value is -1.76. The number of nitrogens with two attached hydrogens (primary N) is 2. The normalized spacial score (nSPS) is 19.6. The number of carbonyl (C=O) groups is 1. The van der Waals surface area contributed by atoms with Gasteiger partial charge in [0.15, 0.2) is 0 Å². The van der Waals surface area contributed by atoms with Gasteiger partial charge in [-0.15, -0.1) is 0 Å². The van der Waals surface area contributed by atoms with E-state index < -0.39 is 17.6 Å². The molecule has 0 aromatic heterocycles. The third-order valence-electron chi connectivity index (χ3n) is 3.75. The molecule has 1 aromatic carbocycles. The fraction of sp³-hybridized carbons (Fsp3) is 0.500. The van der Waals surface area contributed by atoms with E-state index >= 15 is 0 Å². The maximum Gasteiger partial charge on any atom is 0.416 e. The summed E-state index contributed by atoms with van der Waals surface area (Å²) in [5.41, 5.74) is 10.4. The molecule has 0 aliphatic carbocycles. The fourth-order valence-corrected chi connectivity index (χ4v) is 2.53. The van der Waals surface area contributed by atoms with Crippen LogP contribution < -0.4 is 11.5 Å². The van der Waals surface area contributed by atoms with Crippen molar-refractivity contribution in [3.63, 3.8) is 0 Å². The summed E-state index contributed by atoms with van der Waals surface area (Å²) in [7, 11) is 0. The fourth-order valence-electron chi connectivity index (χ4n) is 2.53. The molecule has 4 N–H and O–H groups in total. The Kier molecular flexibility index (Phi) is 4.41. The van der Waals surface area contributed by atoms with Crippen molar-refractivity contribution >= 4 is 11.6 Å². The van der Waals surface area contributed by atoms with Gasteiger partial charge in [-0.05, 0) is 43.5 Å². The molecule has 0 unspecified atom stereocenters. The number of nitrogen functional groups attached to an aromatic ring is 1. The van der Waals surface area contributed by atoms with Crippen molar-refractivity contribution in [2.24, 2.45) is 11.7 Å². The van der Waals surface area contributed by atoms with Gasteiger partial charge in [0.1, 0.15) is 0 Å². The van der Waals surface area contributed by atoms with Crippen LogP contribution in [0, 0.1) is 5.92 Å². The molecule has 1 aliphatic heterocycles. The molecule has 2 rings (SSSR count). The molecule has 1 aliphatic rings. The zero-order valence-corrected chi connectivity index (χ0v) is 11.5. The number of alkyl halides is 3. The van der Waals surface area contributed by atoms with Crippen LogP contribution in [0.15, 0.2) is 18.2 Å². The van der Waals surface area contributed by atoms with Crippen molar-refractivity contribution in [1.82, 2.24) is 4.90 Å². The second-order valence-corrected chi connectivity index (χ2v) is 5.29. The summed E-state index contributed by atoms with van der Waals surface area (Å²) in [5, 5.41) is 0. The highest BCUT2D eigenvalue weighted by molar-refractivity contribution is 5.99. The molecule has 1 saturated heterocycles. The average Bonchev–Trinajstić information content (AvgIpc) is 2.46. The Morgan fingerprint density at radius 2 is 2.10 bits per heavy atom. The van der Waals surface area contributed by atoms with Crippen molar-refractivity contribution in [2.75, 3.05) is 25.4 Å². The van der Waals surface area contributed by atoms with Crippen LogP contribution in [0.5, 0.6) is 0 Å². The molecule has 4 nitrogen and oxygen atoms in total. The van der Waals surface area contributed by atoms with E-state index in [9.17, 15) is 18.0 Å². The predicted octanol–water partition coefficient (Wildman–Crippen LogP) is 2.10. The maximum atomic E-state index is 12.7. The minimum Gasteiger partial charge on any atom is -0.398 e. The van der Waals surface area contributed by atoms with E-state index in [2.05, 4.69) is 0 Å². The van der Waals surface area contributed by atoms with Crippen LogP contribution in [0.2, 0.25) is 0 Å². The second-order valence-electron chi connectivity index (χ2n) is 5.29. The van der Waals surface area contributed by atoms with Crippen LogP contribution in [0.1, 0.15) is 28.8 Å². The lowest BCUT2D eigenvalue weighted by Crippen LogP contribution is -2.42. The molecule has 21 heavy (non-hydrogen) atoms. The first-order valence-electron chi connectivity index (χ1n) is 6.79. The zero-order valence-electron chi connectivity index (χ0n) is 11.5. The molecule has 1 fully saturated rings. The van der Waals surface area contributed by atoms with Crippen molar-refractivity contribution in [1.29, 1.82) is 0 Å². The third kappa shape index (κ3) is 3.47. The minimum atomic E-state index is -4.50. The van der Waals surface area contributed by atoms with Gasteiger partial charge in [0.2, 0.25) is 0 Å². The summed E-state index contributed by atoms with van der Waals surface area (Å²) in [6.45, 7) is 1.44. The quantitative estimate of drug-likeness (QED) is 0.822. The van der Waals surface area contributed by atoms with E-state index in [1.165, 1.54) is 4.90 Å². The number of carbonyl (C=O) groups excluding carboxylic acids is 1. The van der Waals surface area contributed by atoms with E-state index in [4.69, 9.17) is 11.5 Å². The number of rotatable bonds is 2. The Labute approximate surface area is 120 Å². The smallest absolute Gasteiger partial charge is 0.398 e. The average molecular weight is 301 g/mol. The molecular weight excluding hydrogens is 283 g/mol. The van der Waals surface area contributed by atoms with Crippen LogP contribution in [0.3, 0.4) is 0 Å². The number of likely N-dealkylation sites (tertiary alicyclic amines) is 1. The van der Waals surface area contributed by atoms with E-state index in [1.54, 1.807) is 0 Å². The molecule has 0 spiro atoms. The largest absolute Gasteiger partial charge is 0.416 e. The van der Waals surface area contributed by atoms with Gasteiger partial charge in [0.25, 0.3) is 5.91 Å². The van der Waals surface area contributed by atoms with Gasteiger partial charge < -0.3 is 16.4 Å². The molecule has 0 radical (unpaired) electrons. The van der Waals surface area contributed by atoms with E-state index in [1.807, 2.05) is 0 Å². The standard InChI is InChI=1S/C14H18F3N3O/c15-14(16,17)10-3-4-12(19)11(6-10)13(21)20-5-1-2-9(7-18)8-20/h3-4,6,9H,1-2,5,7-8,18-19H2/t9-/m1/s1. The second kappa shape index (κ2) is 5.93. The first-order valence-corrected chi connectivity index (χ1v) is 6.79.